The summed E-state index contributed by atoms with van der Waals surface area (Å²) in [6.45, 7) is 0.915. The van der Waals surface area contributed by atoms with Gasteiger partial charge in [0.05, 0.1) is 16.5 Å². The molecule has 2 amide bonds. The van der Waals surface area contributed by atoms with Crippen molar-refractivity contribution in [2.45, 2.75) is 24.2 Å². The van der Waals surface area contributed by atoms with E-state index in [4.69, 9.17) is 4.74 Å². The molecule has 8 nitrogen and oxygen atoms in total. The Morgan fingerprint density at radius 1 is 1.19 bits per heavy atom. The van der Waals surface area contributed by atoms with Gasteiger partial charge in [-0.15, -0.1) is 0 Å². The van der Waals surface area contributed by atoms with E-state index in [1.807, 2.05) is 30.3 Å². The van der Waals surface area contributed by atoms with Gasteiger partial charge >= 0.3 is 0 Å². The monoisotopic (exact) mass is 443 g/mol. The molecule has 0 unspecified atom stereocenters. The van der Waals surface area contributed by atoms with Crippen LogP contribution in [0.25, 0.3) is 0 Å². The molecule has 0 spiro atoms. The standard InChI is InChI=1S/C22H25N3O5S/c26-21-15-30-20-9-8-18(13-19(20)24-21)31(28,29)25-12-4-7-17(14-25)22(27)23-11-10-16-5-2-1-3-6-16/h1-3,5-6,8-9,13,17H,4,7,10-12,14-15H2,(H,23,27)(H,24,26)/t17-/m1/s1. The molecule has 2 aliphatic heterocycles. The van der Waals surface area contributed by atoms with E-state index in [0.717, 1.165) is 12.0 Å². The quantitative estimate of drug-likeness (QED) is 0.708. The minimum absolute atomic E-state index is 0.0715. The van der Waals surface area contributed by atoms with Crippen molar-refractivity contribution in [3.63, 3.8) is 0 Å². The lowest BCUT2D eigenvalue weighted by atomic mass is 9.99. The molecule has 164 valence electrons. The predicted molar refractivity (Wildman–Crippen MR) is 115 cm³/mol. The van der Waals surface area contributed by atoms with Gasteiger partial charge in [0.1, 0.15) is 5.75 Å². The average Bonchev–Trinajstić information content (AvgIpc) is 2.79. The van der Waals surface area contributed by atoms with Gasteiger partial charge in [0.25, 0.3) is 5.91 Å². The zero-order valence-electron chi connectivity index (χ0n) is 17.0. The fourth-order valence-corrected chi connectivity index (χ4v) is 5.42. The summed E-state index contributed by atoms with van der Waals surface area (Å²) in [5.41, 5.74) is 1.48. The van der Waals surface area contributed by atoms with Crippen molar-refractivity contribution in [2.75, 3.05) is 31.6 Å². The number of anilines is 1. The van der Waals surface area contributed by atoms with E-state index in [1.165, 1.54) is 16.4 Å². The molecule has 0 saturated carbocycles. The van der Waals surface area contributed by atoms with Crippen LogP contribution in [0, 0.1) is 5.92 Å². The number of carbonyl (C=O) groups is 2. The lowest BCUT2D eigenvalue weighted by molar-refractivity contribution is -0.126. The molecular weight excluding hydrogens is 418 g/mol. The molecule has 2 aromatic rings. The Labute approximate surface area is 181 Å². The van der Waals surface area contributed by atoms with Crippen molar-refractivity contribution in [3.05, 3.63) is 54.1 Å². The van der Waals surface area contributed by atoms with Crippen LogP contribution in [0.4, 0.5) is 5.69 Å². The van der Waals surface area contributed by atoms with Crippen LogP contribution in [0.3, 0.4) is 0 Å². The zero-order valence-corrected chi connectivity index (χ0v) is 17.9. The van der Waals surface area contributed by atoms with E-state index in [-0.39, 0.29) is 35.8 Å². The van der Waals surface area contributed by atoms with Crippen molar-refractivity contribution in [1.82, 2.24) is 9.62 Å². The number of hydrogen-bond acceptors (Lipinski definition) is 5. The smallest absolute Gasteiger partial charge is 0.262 e. The van der Waals surface area contributed by atoms with Gasteiger partial charge in [-0.05, 0) is 43.0 Å². The molecule has 4 rings (SSSR count). The molecule has 0 aliphatic carbocycles. The first-order chi connectivity index (χ1) is 14.9. The highest BCUT2D eigenvalue weighted by molar-refractivity contribution is 7.89. The number of carbonyl (C=O) groups excluding carboxylic acids is 2. The first kappa shape index (κ1) is 21.3. The second-order valence-corrected chi connectivity index (χ2v) is 9.66. The number of benzene rings is 2. The number of nitrogens with one attached hydrogen (secondary N) is 2. The fourth-order valence-electron chi connectivity index (χ4n) is 3.87. The summed E-state index contributed by atoms with van der Waals surface area (Å²) in [6.07, 6.45) is 1.99. The normalized spacial score (nSPS) is 19.1. The van der Waals surface area contributed by atoms with E-state index < -0.39 is 10.0 Å². The van der Waals surface area contributed by atoms with Crippen molar-refractivity contribution in [3.8, 4) is 5.75 Å². The molecule has 2 aromatic carbocycles. The molecule has 9 heteroatoms. The van der Waals surface area contributed by atoms with E-state index in [9.17, 15) is 18.0 Å². The molecule has 31 heavy (non-hydrogen) atoms. The van der Waals surface area contributed by atoms with Crippen LogP contribution in [0.15, 0.2) is 53.4 Å². The third-order valence-corrected chi connectivity index (χ3v) is 7.39. The Morgan fingerprint density at radius 3 is 2.81 bits per heavy atom. The maximum Gasteiger partial charge on any atom is 0.262 e. The van der Waals surface area contributed by atoms with Gasteiger partial charge in [-0.3, -0.25) is 9.59 Å². The van der Waals surface area contributed by atoms with Crippen LogP contribution >= 0.6 is 0 Å². The van der Waals surface area contributed by atoms with Crippen molar-refractivity contribution < 1.29 is 22.7 Å². The van der Waals surface area contributed by atoms with E-state index >= 15 is 0 Å². The molecule has 2 aliphatic rings. The highest BCUT2D eigenvalue weighted by Gasteiger charge is 2.34. The molecule has 1 saturated heterocycles. The number of amides is 2. The third-order valence-electron chi connectivity index (χ3n) is 5.53. The molecule has 2 N–H and O–H groups in total. The Hall–Kier alpha value is -2.91. The summed E-state index contributed by atoms with van der Waals surface area (Å²) in [5, 5.41) is 5.56. The first-order valence-corrected chi connectivity index (χ1v) is 11.8. The van der Waals surface area contributed by atoms with Crippen LogP contribution in [-0.2, 0) is 26.0 Å². The predicted octanol–water partition coefficient (Wildman–Crippen LogP) is 1.78. The molecule has 0 bridgehead atoms. The maximum absolute atomic E-state index is 13.2. The van der Waals surface area contributed by atoms with Crippen molar-refractivity contribution in [1.29, 1.82) is 0 Å². The summed E-state index contributed by atoms with van der Waals surface area (Å²) >= 11 is 0. The zero-order chi connectivity index (χ0) is 21.8. The number of fused-ring (bicyclic) bond motifs is 1. The van der Waals surface area contributed by atoms with Crippen LogP contribution in [0.2, 0.25) is 0 Å². The molecule has 2 heterocycles. The molecule has 0 aromatic heterocycles. The van der Waals surface area contributed by atoms with Gasteiger partial charge < -0.3 is 15.4 Å². The second kappa shape index (κ2) is 9.07. The third kappa shape index (κ3) is 4.88. The highest BCUT2D eigenvalue weighted by atomic mass is 32.2. The van der Waals surface area contributed by atoms with E-state index in [0.29, 0.717) is 37.4 Å². The lowest BCUT2D eigenvalue weighted by Gasteiger charge is -2.31. The van der Waals surface area contributed by atoms with Crippen LogP contribution in [0.1, 0.15) is 18.4 Å². The number of sulfonamides is 1. The number of rotatable bonds is 6. The Bertz CT molecular complexity index is 1070. The van der Waals surface area contributed by atoms with Crippen molar-refractivity contribution >= 4 is 27.5 Å². The summed E-state index contributed by atoms with van der Waals surface area (Å²) < 4.78 is 33.0. The minimum Gasteiger partial charge on any atom is -0.482 e. The summed E-state index contributed by atoms with van der Waals surface area (Å²) in [6, 6.07) is 14.3. The molecule has 1 atom stereocenters. The maximum atomic E-state index is 13.2. The van der Waals surface area contributed by atoms with Crippen LogP contribution in [0.5, 0.6) is 5.75 Å². The molecule has 0 radical (unpaired) electrons. The number of ether oxygens (including phenoxy) is 1. The summed E-state index contributed by atoms with van der Waals surface area (Å²) in [4.78, 5) is 24.2. The lowest BCUT2D eigenvalue weighted by Crippen LogP contribution is -2.45. The Kier molecular flexibility index (Phi) is 6.24. The largest absolute Gasteiger partial charge is 0.482 e. The van der Waals surface area contributed by atoms with Gasteiger partial charge in [-0.1, -0.05) is 30.3 Å². The highest BCUT2D eigenvalue weighted by Crippen LogP contribution is 2.32. The number of nitrogens with zero attached hydrogens (tertiary/aromatic N) is 1. The van der Waals surface area contributed by atoms with Crippen LogP contribution < -0.4 is 15.4 Å². The van der Waals surface area contributed by atoms with Gasteiger partial charge in [-0.25, -0.2) is 8.42 Å². The average molecular weight is 444 g/mol. The van der Waals surface area contributed by atoms with Gasteiger partial charge in [0.2, 0.25) is 15.9 Å². The van der Waals surface area contributed by atoms with E-state index in [1.54, 1.807) is 6.07 Å². The molecular formula is C22H25N3O5S. The fraction of sp³-hybridized carbons (Fsp3) is 0.364. The number of piperidine rings is 1. The van der Waals surface area contributed by atoms with Gasteiger partial charge in [-0.2, -0.15) is 4.31 Å². The Balaban J connectivity index is 1.40. The van der Waals surface area contributed by atoms with Crippen molar-refractivity contribution in [2.24, 2.45) is 5.92 Å². The van der Waals surface area contributed by atoms with Gasteiger partial charge in [0.15, 0.2) is 6.61 Å². The summed E-state index contributed by atoms with van der Waals surface area (Å²) in [7, 11) is -3.80. The Morgan fingerprint density at radius 2 is 2.00 bits per heavy atom. The minimum atomic E-state index is -3.80. The van der Waals surface area contributed by atoms with Crippen LogP contribution in [-0.4, -0.2) is 50.8 Å². The molecule has 1 fully saturated rings. The topological polar surface area (TPSA) is 105 Å². The van der Waals surface area contributed by atoms with Gasteiger partial charge in [0, 0.05) is 19.6 Å². The second-order valence-electron chi connectivity index (χ2n) is 7.72. The SMILES string of the molecule is O=C1COc2ccc(S(=O)(=O)N3CCC[C@@H](C(=O)NCCc4ccccc4)C3)cc2N1. The van der Waals surface area contributed by atoms with E-state index in [2.05, 4.69) is 10.6 Å². The number of hydrogen-bond donors (Lipinski definition) is 2. The summed E-state index contributed by atoms with van der Waals surface area (Å²) in [5.74, 6) is -0.401. The first-order valence-electron chi connectivity index (χ1n) is 10.3.